The van der Waals surface area contributed by atoms with Gasteiger partial charge < -0.3 is 4.90 Å². The van der Waals surface area contributed by atoms with Crippen LogP contribution in [0.1, 0.15) is 19.3 Å². The summed E-state index contributed by atoms with van der Waals surface area (Å²) in [7, 11) is -3.52. The Labute approximate surface area is 148 Å². The number of nitrogens with zero attached hydrogens (tertiary/aromatic N) is 2. The molecule has 2 aromatic rings. The average molecular weight is 358 g/mol. The van der Waals surface area contributed by atoms with Crippen LogP contribution in [-0.4, -0.2) is 49.7 Å². The third-order valence-electron chi connectivity index (χ3n) is 5.36. The molecule has 2 aliphatic rings. The number of carbonyl (C=O) groups excluding carboxylic acids is 1. The van der Waals surface area contributed by atoms with Crippen molar-refractivity contribution in [3.63, 3.8) is 0 Å². The van der Waals surface area contributed by atoms with Crippen LogP contribution < -0.4 is 0 Å². The Bertz CT molecular complexity index is 898. The molecule has 1 amide bonds. The van der Waals surface area contributed by atoms with Crippen LogP contribution >= 0.6 is 0 Å². The second-order valence-electron chi connectivity index (χ2n) is 6.87. The van der Waals surface area contributed by atoms with Gasteiger partial charge in [-0.3, -0.25) is 4.79 Å². The number of amides is 1. The van der Waals surface area contributed by atoms with Gasteiger partial charge in [0.25, 0.3) is 0 Å². The Morgan fingerprint density at radius 1 is 0.920 bits per heavy atom. The molecule has 1 saturated heterocycles. The maximum absolute atomic E-state index is 12.9. The maximum Gasteiger partial charge on any atom is 0.243 e. The Morgan fingerprint density at radius 3 is 2.24 bits per heavy atom. The van der Waals surface area contributed by atoms with Crippen LogP contribution in [0.3, 0.4) is 0 Å². The molecular weight excluding hydrogens is 336 g/mol. The summed E-state index contributed by atoms with van der Waals surface area (Å²) < 4.78 is 27.4. The van der Waals surface area contributed by atoms with Crippen LogP contribution in [0.5, 0.6) is 0 Å². The van der Waals surface area contributed by atoms with E-state index < -0.39 is 10.0 Å². The van der Waals surface area contributed by atoms with E-state index in [9.17, 15) is 13.2 Å². The Morgan fingerprint density at radius 2 is 1.60 bits per heavy atom. The van der Waals surface area contributed by atoms with Crippen molar-refractivity contribution in [1.29, 1.82) is 0 Å². The average Bonchev–Trinajstić information content (AvgIpc) is 2.60. The number of carbonyl (C=O) groups is 1. The van der Waals surface area contributed by atoms with Gasteiger partial charge in [0.1, 0.15) is 0 Å². The number of sulfonamides is 1. The van der Waals surface area contributed by atoms with Crippen molar-refractivity contribution in [3.05, 3.63) is 42.5 Å². The first-order valence-corrected chi connectivity index (χ1v) is 10.3. The van der Waals surface area contributed by atoms with Gasteiger partial charge in [0, 0.05) is 32.1 Å². The summed E-state index contributed by atoms with van der Waals surface area (Å²) in [5.74, 6) is 0.373. The van der Waals surface area contributed by atoms with Gasteiger partial charge in [-0.15, -0.1) is 0 Å². The fraction of sp³-hybridized carbons (Fsp3) is 0.421. The van der Waals surface area contributed by atoms with E-state index in [1.807, 2.05) is 35.2 Å². The van der Waals surface area contributed by atoms with Gasteiger partial charge in [0.2, 0.25) is 15.9 Å². The van der Waals surface area contributed by atoms with Gasteiger partial charge in [-0.1, -0.05) is 36.8 Å². The fourth-order valence-corrected chi connectivity index (χ4v) is 5.00. The van der Waals surface area contributed by atoms with Crippen molar-refractivity contribution in [1.82, 2.24) is 9.21 Å². The summed E-state index contributed by atoms with van der Waals surface area (Å²) in [5.41, 5.74) is 0. The molecule has 1 saturated carbocycles. The minimum atomic E-state index is -3.52. The zero-order chi connectivity index (χ0) is 17.4. The van der Waals surface area contributed by atoms with Crippen molar-refractivity contribution in [2.75, 3.05) is 26.2 Å². The third kappa shape index (κ3) is 3.04. The van der Waals surface area contributed by atoms with Crippen LogP contribution in [0.15, 0.2) is 47.4 Å². The number of rotatable bonds is 3. The van der Waals surface area contributed by atoms with Crippen molar-refractivity contribution >= 4 is 26.7 Å². The molecule has 0 radical (unpaired) electrons. The van der Waals surface area contributed by atoms with E-state index in [0.717, 1.165) is 30.0 Å². The lowest BCUT2D eigenvalue weighted by atomic mass is 9.84. The largest absolute Gasteiger partial charge is 0.340 e. The van der Waals surface area contributed by atoms with E-state index >= 15 is 0 Å². The topological polar surface area (TPSA) is 57.7 Å². The van der Waals surface area contributed by atoms with Gasteiger partial charge in [-0.2, -0.15) is 4.31 Å². The number of fused-ring (bicyclic) bond motifs is 1. The van der Waals surface area contributed by atoms with Gasteiger partial charge in [-0.25, -0.2) is 8.42 Å². The Kier molecular flexibility index (Phi) is 4.25. The Balaban J connectivity index is 1.49. The molecule has 5 nitrogen and oxygen atoms in total. The molecule has 1 aliphatic heterocycles. The summed E-state index contributed by atoms with van der Waals surface area (Å²) in [4.78, 5) is 14.5. The number of hydrogen-bond donors (Lipinski definition) is 0. The molecule has 1 heterocycles. The highest BCUT2D eigenvalue weighted by atomic mass is 32.2. The first-order valence-electron chi connectivity index (χ1n) is 8.83. The van der Waals surface area contributed by atoms with Crippen molar-refractivity contribution < 1.29 is 13.2 Å². The zero-order valence-electron chi connectivity index (χ0n) is 14.1. The van der Waals surface area contributed by atoms with Crippen LogP contribution in [0.4, 0.5) is 0 Å². The smallest absolute Gasteiger partial charge is 0.243 e. The quantitative estimate of drug-likeness (QED) is 0.847. The number of benzene rings is 2. The van der Waals surface area contributed by atoms with E-state index in [4.69, 9.17) is 0 Å². The molecule has 2 aromatic carbocycles. The van der Waals surface area contributed by atoms with Crippen LogP contribution in [0.2, 0.25) is 0 Å². The zero-order valence-corrected chi connectivity index (χ0v) is 14.9. The van der Waals surface area contributed by atoms with E-state index in [1.165, 1.54) is 4.31 Å². The van der Waals surface area contributed by atoms with Gasteiger partial charge in [-0.05, 0) is 35.7 Å². The molecule has 0 atom stereocenters. The highest BCUT2D eigenvalue weighted by Gasteiger charge is 2.34. The normalized spacial score (nSPS) is 19.8. The molecule has 0 aromatic heterocycles. The SMILES string of the molecule is O=C(C1CCC1)N1CCN(S(=O)(=O)c2ccc3ccccc3c2)CC1. The molecule has 0 spiro atoms. The molecule has 2 fully saturated rings. The monoisotopic (exact) mass is 358 g/mol. The van der Waals surface area contributed by atoms with E-state index in [0.29, 0.717) is 31.1 Å². The first kappa shape index (κ1) is 16.5. The summed E-state index contributed by atoms with van der Waals surface area (Å²) >= 11 is 0. The van der Waals surface area contributed by atoms with Gasteiger partial charge in [0.05, 0.1) is 4.90 Å². The maximum atomic E-state index is 12.9. The van der Waals surface area contributed by atoms with Crippen LogP contribution in [0.25, 0.3) is 10.8 Å². The molecule has 6 heteroatoms. The minimum absolute atomic E-state index is 0.170. The predicted octanol–water partition coefficient (Wildman–Crippen LogP) is 2.47. The van der Waals surface area contributed by atoms with Crippen LogP contribution in [-0.2, 0) is 14.8 Å². The second-order valence-corrected chi connectivity index (χ2v) is 8.80. The molecule has 4 rings (SSSR count). The van der Waals surface area contributed by atoms with E-state index in [-0.39, 0.29) is 11.8 Å². The molecule has 0 bridgehead atoms. The molecule has 1 aliphatic carbocycles. The fourth-order valence-electron chi connectivity index (χ4n) is 3.54. The molecule has 0 N–H and O–H groups in total. The van der Waals surface area contributed by atoms with Crippen molar-refractivity contribution in [3.8, 4) is 0 Å². The second kappa shape index (κ2) is 6.42. The molecular formula is C19H22N2O3S. The summed E-state index contributed by atoms with van der Waals surface area (Å²) in [6, 6.07) is 13.0. The summed E-state index contributed by atoms with van der Waals surface area (Å²) in [6.07, 6.45) is 3.09. The van der Waals surface area contributed by atoms with E-state index in [2.05, 4.69) is 0 Å². The first-order chi connectivity index (χ1) is 12.1. The standard InChI is InChI=1S/C19H22N2O3S/c22-19(16-6-3-7-16)20-10-12-21(13-11-20)25(23,24)18-9-8-15-4-1-2-5-17(15)14-18/h1-2,4-5,8-9,14,16H,3,6-7,10-13H2. The highest BCUT2D eigenvalue weighted by molar-refractivity contribution is 7.89. The third-order valence-corrected chi connectivity index (χ3v) is 7.26. The lowest BCUT2D eigenvalue weighted by molar-refractivity contribution is -0.139. The Hall–Kier alpha value is -1.92. The van der Waals surface area contributed by atoms with Gasteiger partial charge in [0.15, 0.2) is 0 Å². The molecule has 132 valence electrons. The lowest BCUT2D eigenvalue weighted by Gasteiger charge is -2.37. The lowest BCUT2D eigenvalue weighted by Crippen LogP contribution is -2.52. The van der Waals surface area contributed by atoms with Crippen LogP contribution in [0, 0.1) is 5.92 Å². The summed E-state index contributed by atoms with van der Waals surface area (Å²) in [5, 5.41) is 1.94. The van der Waals surface area contributed by atoms with Gasteiger partial charge >= 0.3 is 0 Å². The molecule has 0 unspecified atom stereocenters. The summed E-state index contributed by atoms with van der Waals surface area (Å²) in [6.45, 7) is 1.71. The van der Waals surface area contributed by atoms with E-state index in [1.54, 1.807) is 12.1 Å². The van der Waals surface area contributed by atoms with Crippen molar-refractivity contribution in [2.24, 2.45) is 5.92 Å². The highest BCUT2D eigenvalue weighted by Crippen LogP contribution is 2.29. The number of hydrogen-bond acceptors (Lipinski definition) is 3. The van der Waals surface area contributed by atoms with Crippen molar-refractivity contribution in [2.45, 2.75) is 24.2 Å². The predicted molar refractivity (Wildman–Crippen MR) is 96.6 cm³/mol. The number of piperazine rings is 1. The minimum Gasteiger partial charge on any atom is -0.340 e. The molecule has 25 heavy (non-hydrogen) atoms.